The Morgan fingerprint density at radius 2 is 2.05 bits per heavy atom. The molecule has 1 aromatic carbocycles. The first kappa shape index (κ1) is 14.4. The van der Waals surface area contributed by atoms with Gasteiger partial charge in [0.15, 0.2) is 0 Å². The summed E-state index contributed by atoms with van der Waals surface area (Å²) in [6, 6.07) is 7.77. The molecule has 1 aliphatic rings. The zero-order valence-electron chi connectivity index (χ0n) is 11.9. The number of hydrogen-bond acceptors (Lipinski definition) is 4. The number of aliphatic hydroxyl groups is 1. The van der Waals surface area contributed by atoms with Crippen LogP contribution in [0, 0.1) is 5.41 Å². The van der Waals surface area contributed by atoms with E-state index in [4.69, 9.17) is 5.73 Å². The van der Waals surface area contributed by atoms with Gasteiger partial charge in [-0.25, -0.2) is 0 Å². The van der Waals surface area contributed by atoms with Gasteiger partial charge in [-0.05, 0) is 18.9 Å². The van der Waals surface area contributed by atoms with E-state index in [0.717, 1.165) is 35.8 Å². The van der Waals surface area contributed by atoms with E-state index in [9.17, 15) is 9.90 Å². The van der Waals surface area contributed by atoms with Gasteiger partial charge in [0.05, 0.1) is 12.3 Å². The fourth-order valence-electron chi connectivity index (χ4n) is 3.10. The van der Waals surface area contributed by atoms with Crippen LogP contribution in [-0.4, -0.2) is 24.2 Å². The van der Waals surface area contributed by atoms with E-state index < -0.39 is 0 Å². The molecule has 1 heterocycles. The lowest BCUT2D eigenvalue weighted by Gasteiger charge is -2.26. The Morgan fingerprint density at radius 1 is 1.33 bits per heavy atom. The lowest BCUT2D eigenvalue weighted by Crippen LogP contribution is -2.38. The third kappa shape index (κ3) is 2.63. The highest BCUT2D eigenvalue weighted by Crippen LogP contribution is 2.37. The van der Waals surface area contributed by atoms with Crippen LogP contribution in [-0.2, 0) is 0 Å². The highest BCUT2D eigenvalue weighted by molar-refractivity contribution is 7.21. The van der Waals surface area contributed by atoms with Gasteiger partial charge in [0.25, 0.3) is 5.91 Å². The normalized spacial score (nSPS) is 17.2. The summed E-state index contributed by atoms with van der Waals surface area (Å²) in [7, 11) is 0. The molecular weight excluding hydrogens is 284 g/mol. The second-order valence-electron chi connectivity index (χ2n) is 5.89. The number of amides is 1. The molecule has 1 amide bonds. The standard InChI is InChI=1S/C16H20N2O2S/c17-13-11-5-1-2-6-12(11)21-14(13)15(20)18-9-16(10-19)7-3-4-8-16/h1-2,5-6,19H,3-4,7-10,17H2,(H,18,20). The number of thiophene rings is 1. The van der Waals surface area contributed by atoms with E-state index in [0.29, 0.717) is 17.1 Å². The number of fused-ring (bicyclic) bond motifs is 1. The molecule has 4 nitrogen and oxygen atoms in total. The van der Waals surface area contributed by atoms with Crippen molar-refractivity contribution in [2.45, 2.75) is 25.7 Å². The summed E-state index contributed by atoms with van der Waals surface area (Å²) in [4.78, 5) is 13.0. The highest BCUT2D eigenvalue weighted by Gasteiger charge is 2.33. The minimum Gasteiger partial charge on any atom is -0.397 e. The largest absolute Gasteiger partial charge is 0.397 e. The van der Waals surface area contributed by atoms with Gasteiger partial charge in [-0.2, -0.15) is 0 Å². The van der Waals surface area contributed by atoms with Crippen molar-refractivity contribution in [3.05, 3.63) is 29.1 Å². The Morgan fingerprint density at radius 3 is 2.71 bits per heavy atom. The third-order valence-electron chi connectivity index (χ3n) is 4.46. The van der Waals surface area contributed by atoms with Gasteiger partial charge in [-0.1, -0.05) is 31.0 Å². The number of hydrogen-bond donors (Lipinski definition) is 3. The molecule has 0 aliphatic heterocycles. The number of aliphatic hydroxyl groups excluding tert-OH is 1. The van der Waals surface area contributed by atoms with E-state index in [1.165, 1.54) is 11.3 Å². The van der Waals surface area contributed by atoms with Crippen molar-refractivity contribution < 1.29 is 9.90 Å². The van der Waals surface area contributed by atoms with Crippen LogP contribution in [0.15, 0.2) is 24.3 Å². The second kappa shape index (κ2) is 5.66. The van der Waals surface area contributed by atoms with Crippen molar-refractivity contribution in [2.75, 3.05) is 18.9 Å². The van der Waals surface area contributed by atoms with Crippen LogP contribution in [0.4, 0.5) is 5.69 Å². The van der Waals surface area contributed by atoms with Crippen molar-refractivity contribution in [3.63, 3.8) is 0 Å². The van der Waals surface area contributed by atoms with Crippen molar-refractivity contribution in [2.24, 2.45) is 5.41 Å². The Kier molecular flexibility index (Phi) is 3.87. The zero-order valence-corrected chi connectivity index (χ0v) is 12.7. The summed E-state index contributed by atoms with van der Waals surface area (Å²) in [5.41, 5.74) is 6.50. The van der Waals surface area contributed by atoms with E-state index in [2.05, 4.69) is 5.32 Å². The summed E-state index contributed by atoms with van der Waals surface area (Å²) < 4.78 is 1.03. The quantitative estimate of drug-likeness (QED) is 0.813. The van der Waals surface area contributed by atoms with Crippen LogP contribution in [0.25, 0.3) is 10.1 Å². The van der Waals surface area contributed by atoms with Gasteiger partial charge in [0.1, 0.15) is 4.88 Å². The molecule has 1 aliphatic carbocycles. The van der Waals surface area contributed by atoms with E-state index >= 15 is 0 Å². The smallest absolute Gasteiger partial charge is 0.263 e. The summed E-state index contributed by atoms with van der Waals surface area (Å²) >= 11 is 1.42. The number of rotatable bonds is 4. The van der Waals surface area contributed by atoms with Crippen LogP contribution in [0.1, 0.15) is 35.4 Å². The first-order valence-electron chi connectivity index (χ1n) is 7.31. The Balaban J connectivity index is 1.76. The van der Waals surface area contributed by atoms with Crippen LogP contribution >= 0.6 is 11.3 Å². The topological polar surface area (TPSA) is 75.4 Å². The molecule has 1 fully saturated rings. The average molecular weight is 304 g/mol. The lowest BCUT2D eigenvalue weighted by atomic mass is 9.87. The summed E-state index contributed by atoms with van der Waals surface area (Å²) in [6.45, 7) is 0.658. The Hall–Kier alpha value is -1.59. The molecule has 4 N–H and O–H groups in total. The van der Waals surface area contributed by atoms with Gasteiger partial charge in [-0.15, -0.1) is 11.3 Å². The highest BCUT2D eigenvalue weighted by atomic mass is 32.1. The van der Waals surface area contributed by atoms with Crippen molar-refractivity contribution in [3.8, 4) is 0 Å². The molecule has 0 bridgehead atoms. The Labute approximate surface area is 128 Å². The molecule has 21 heavy (non-hydrogen) atoms. The van der Waals surface area contributed by atoms with Crippen molar-refractivity contribution >= 4 is 33.0 Å². The van der Waals surface area contributed by atoms with E-state index in [1.807, 2.05) is 24.3 Å². The van der Waals surface area contributed by atoms with Crippen LogP contribution < -0.4 is 11.1 Å². The fraction of sp³-hybridized carbons (Fsp3) is 0.438. The van der Waals surface area contributed by atoms with Gasteiger partial charge in [0.2, 0.25) is 0 Å². The predicted octanol–water partition coefficient (Wildman–Crippen LogP) is 2.77. The zero-order chi connectivity index (χ0) is 14.9. The minimum absolute atomic E-state index is 0.131. The maximum Gasteiger partial charge on any atom is 0.263 e. The molecule has 0 unspecified atom stereocenters. The molecule has 0 radical (unpaired) electrons. The number of nitrogen functional groups attached to an aromatic ring is 1. The third-order valence-corrected chi connectivity index (χ3v) is 5.65. The van der Waals surface area contributed by atoms with Crippen LogP contribution in [0.2, 0.25) is 0 Å². The monoisotopic (exact) mass is 304 g/mol. The summed E-state index contributed by atoms with van der Waals surface area (Å²) in [5, 5.41) is 13.5. The number of carbonyl (C=O) groups excluding carboxylic acids is 1. The molecule has 1 aromatic heterocycles. The molecule has 1 saturated carbocycles. The molecule has 3 rings (SSSR count). The van der Waals surface area contributed by atoms with Crippen LogP contribution in [0.3, 0.4) is 0 Å². The number of nitrogens with two attached hydrogens (primary N) is 1. The van der Waals surface area contributed by atoms with Gasteiger partial charge in [0, 0.05) is 22.0 Å². The SMILES string of the molecule is Nc1c(C(=O)NCC2(CO)CCCC2)sc2ccccc12. The van der Waals surface area contributed by atoms with Crippen molar-refractivity contribution in [1.29, 1.82) is 0 Å². The van der Waals surface area contributed by atoms with E-state index in [1.54, 1.807) is 0 Å². The maximum absolute atomic E-state index is 12.4. The molecule has 0 atom stereocenters. The predicted molar refractivity (Wildman–Crippen MR) is 86.6 cm³/mol. The molecule has 112 valence electrons. The molecule has 0 spiro atoms. The number of anilines is 1. The summed E-state index contributed by atoms with van der Waals surface area (Å²) in [6.07, 6.45) is 4.21. The van der Waals surface area contributed by atoms with E-state index in [-0.39, 0.29) is 17.9 Å². The van der Waals surface area contributed by atoms with Gasteiger partial charge in [-0.3, -0.25) is 4.79 Å². The van der Waals surface area contributed by atoms with Crippen molar-refractivity contribution in [1.82, 2.24) is 5.32 Å². The first-order chi connectivity index (χ1) is 10.2. The lowest BCUT2D eigenvalue weighted by molar-refractivity contribution is 0.0885. The first-order valence-corrected chi connectivity index (χ1v) is 8.13. The van der Waals surface area contributed by atoms with Crippen LogP contribution in [0.5, 0.6) is 0 Å². The van der Waals surface area contributed by atoms with Gasteiger partial charge < -0.3 is 16.2 Å². The molecule has 5 heteroatoms. The number of benzene rings is 1. The number of carbonyl (C=O) groups is 1. The summed E-state index contributed by atoms with van der Waals surface area (Å²) in [5.74, 6) is -0.131. The fourth-order valence-corrected chi connectivity index (χ4v) is 4.14. The van der Waals surface area contributed by atoms with Gasteiger partial charge >= 0.3 is 0 Å². The number of nitrogens with one attached hydrogen (secondary N) is 1. The second-order valence-corrected chi connectivity index (χ2v) is 6.94. The average Bonchev–Trinajstić information content (AvgIpc) is 3.11. The molecule has 0 saturated heterocycles. The molecule has 2 aromatic rings. The maximum atomic E-state index is 12.4. The minimum atomic E-state index is -0.138. The Bertz CT molecular complexity index is 659. The molecular formula is C16H20N2O2S.